The van der Waals surface area contributed by atoms with Crippen molar-refractivity contribution in [2.75, 3.05) is 0 Å². The second kappa shape index (κ2) is 17.8. The molecule has 5 heterocycles. The molecule has 20 rings (SSSR count). The predicted molar refractivity (Wildman–Crippen MR) is 377 cm³/mol. The van der Waals surface area contributed by atoms with Crippen molar-refractivity contribution in [3.63, 3.8) is 0 Å². The molecule has 0 amide bonds. The summed E-state index contributed by atoms with van der Waals surface area (Å²) in [6.07, 6.45) is 0. The second-order valence-electron chi connectivity index (χ2n) is 24.6. The molecular formula is C83H50N2OS2. The molecule has 3 nitrogen and oxygen atoms in total. The van der Waals surface area contributed by atoms with E-state index in [1.807, 2.05) is 28.7 Å². The molecular weight excluding hydrogens is 1110 g/mol. The van der Waals surface area contributed by atoms with Crippen molar-refractivity contribution in [2.24, 2.45) is 0 Å². The first-order valence-corrected chi connectivity index (χ1v) is 32.0. The van der Waals surface area contributed by atoms with Crippen molar-refractivity contribution >= 4 is 150 Å². The summed E-state index contributed by atoms with van der Waals surface area (Å²) in [5.74, 6) is 0. The number of fused-ring (bicyclic) bond motifs is 23. The number of aromatic nitrogens is 2. The van der Waals surface area contributed by atoms with Crippen LogP contribution < -0.4 is 0 Å². The van der Waals surface area contributed by atoms with E-state index < -0.39 is 0 Å². The first kappa shape index (κ1) is 48.7. The van der Waals surface area contributed by atoms with Crippen LogP contribution in [0.1, 0.15) is 25.0 Å². The summed E-state index contributed by atoms with van der Waals surface area (Å²) in [5, 5.41) is 17.5. The highest BCUT2D eigenvalue weighted by molar-refractivity contribution is 7.27. The second-order valence-corrected chi connectivity index (χ2v) is 26.7. The van der Waals surface area contributed by atoms with Crippen LogP contribution in [0.25, 0.3) is 183 Å². The van der Waals surface area contributed by atoms with Gasteiger partial charge in [-0.3, -0.25) is 0 Å². The summed E-state index contributed by atoms with van der Waals surface area (Å²) < 4.78 is 16.8. The molecule has 88 heavy (non-hydrogen) atoms. The minimum absolute atomic E-state index is 0.0623. The molecule has 0 atom stereocenters. The topological polar surface area (TPSA) is 23.0 Å². The van der Waals surface area contributed by atoms with E-state index in [0.717, 1.165) is 44.4 Å². The lowest BCUT2D eigenvalue weighted by Crippen LogP contribution is -2.14. The SMILES string of the molecule is CC1(C)c2ccccc2-c2c(-c3ccc(-n4c5cc6ccccc6cc5c5cc6sc7c(-c8ccc9c%10c%11ccccc%11c%11c%12ccccc%12sc%11c%10n(-c%10ccc(-c%11cccc%12c%11oc%11ccccc%11%12)cc%10)c9c8)cccc7c6cc54)cc3)cccc21. The third-order valence-corrected chi connectivity index (χ3v) is 22.1. The van der Waals surface area contributed by atoms with Crippen molar-refractivity contribution in [3.8, 4) is 55.9 Å². The molecule has 410 valence electrons. The maximum atomic E-state index is 6.58. The Kier molecular flexibility index (Phi) is 9.83. The summed E-state index contributed by atoms with van der Waals surface area (Å²) in [6.45, 7) is 4.73. The number of hydrogen-bond acceptors (Lipinski definition) is 3. The molecule has 0 radical (unpaired) electrons. The van der Waals surface area contributed by atoms with Crippen LogP contribution in [0.2, 0.25) is 0 Å². The summed E-state index contributed by atoms with van der Waals surface area (Å²) in [7, 11) is 0. The third-order valence-electron chi connectivity index (χ3n) is 19.7. The lowest BCUT2D eigenvalue weighted by atomic mass is 9.82. The van der Waals surface area contributed by atoms with Gasteiger partial charge >= 0.3 is 0 Å². The molecule has 5 heteroatoms. The van der Waals surface area contributed by atoms with E-state index in [4.69, 9.17) is 4.42 Å². The third kappa shape index (κ3) is 6.61. The lowest BCUT2D eigenvalue weighted by Gasteiger charge is -2.21. The summed E-state index contributed by atoms with van der Waals surface area (Å²) in [6, 6.07) is 100. The molecule has 1 aliphatic rings. The Morgan fingerprint density at radius 1 is 0.330 bits per heavy atom. The first-order valence-electron chi connectivity index (χ1n) is 30.4. The Morgan fingerprint density at radius 2 is 0.898 bits per heavy atom. The van der Waals surface area contributed by atoms with Gasteiger partial charge in [0, 0.05) is 90.3 Å². The van der Waals surface area contributed by atoms with Gasteiger partial charge in [-0.05, 0) is 138 Å². The minimum atomic E-state index is -0.0623. The van der Waals surface area contributed by atoms with Crippen molar-refractivity contribution < 1.29 is 4.42 Å². The summed E-state index contributed by atoms with van der Waals surface area (Å²) >= 11 is 3.82. The van der Waals surface area contributed by atoms with E-state index in [1.54, 1.807) is 0 Å². The van der Waals surface area contributed by atoms with Gasteiger partial charge in [-0.25, -0.2) is 0 Å². The van der Waals surface area contributed by atoms with Crippen molar-refractivity contribution in [1.29, 1.82) is 0 Å². The number of para-hydroxylation sites is 2. The fourth-order valence-corrected chi connectivity index (χ4v) is 18.2. The monoisotopic (exact) mass is 1150 g/mol. The highest BCUT2D eigenvalue weighted by Gasteiger charge is 2.36. The molecule has 0 saturated heterocycles. The minimum Gasteiger partial charge on any atom is -0.455 e. The van der Waals surface area contributed by atoms with Gasteiger partial charge in [0.25, 0.3) is 0 Å². The van der Waals surface area contributed by atoms with Crippen molar-refractivity contribution in [3.05, 3.63) is 278 Å². The van der Waals surface area contributed by atoms with Crippen LogP contribution in [0.15, 0.2) is 271 Å². The quantitative estimate of drug-likeness (QED) is 0.168. The number of furan rings is 1. The smallest absolute Gasteiger partial charge is 0.143 e. The normalized spacial score (nSPS) is 13.2. The Bertz CT molecular complexity index is 6260. The van der Waals surface area contributed by atoms with Crippen molar-refractivity contribution in [1.82, 2.24) is 9.13 Å². The maximum Gasteiger partial charge on any atom is 0.143 e. The van der Waals surface area contributed by atoms with E-state index in [2.05, 4.69) is 284 Å². The lowest BCUT2D eigenvalue weighted by molar-refractivity contribution is 0.660. The fraction of sp³-hybridized carbons (Fsp3) is 0.0361. The average Bonchev–Trinajstić information content (AvgIpc) is 1.60. The van der Waals surface area contributed by atoms with Gasteiger partial charge in [0.15, 0.2) is 0 Å². The van der Waals surface area contributed by atoms with Crippen LogP contribution in [-0.2, 0) is 5.41 Å². The van der Waals surface area contributed by atoms with Gasteiger partial charge in [0.2, 0.25) is 0 Å². The zero-order valence-corrected chi connectivity index (χ0v) is 49.7. The van der Waals surface area contributed by atoms with Gasteiger partial charge in [-0.1, -0.05) is 214 Å². The van der Waals surface area contributed by atoms with E-state index in [1.165, 1.54) is 150 Å². The van der Waals surface area contributed by atoms with E-state index in [0.29, 0.717) is 0 Å². The van der Waals surface area contributed by atoms with Crippen LogP contribution >= 0.6 is 22.7 Å². The van der Waals surface area contributed by atoms with Crippen LogP contribution in [0.5, 0.6) is 0 Å². The zero-order valence-electron chi connectivity index (χ0n) is 48.0. The Hall–Kier alpha value is -10.6. The fourth-order valence-electron chi connectivity index (χ4n) is 15.7. The average molecular weight is 1160 g/mol. The predicted octanol–water partition coefficient (Wildman–Crippen LogP) is 24.1. The Balaban J connectivity index is 0.782. The Labute approximate surface area is 513 Å². The van der Waals surface area contributed by atoms with Crippen LogP contribution in [0, 0.1) is 0 Å². The molecule has 0 saturated carbocycles. The van der Waals surface area contributed by atoms with E-state index >= 15 is 0 Å². The number of thiophene rings is 2. The number of benzene rings is 14. The van der Waals surface area contributed by atoms with Crippen LogP contribution in [0.4, 0.5) is 0 Å². The van der Waals surface area contributed by atoms with Gasteiger partial charge in [-0.2, -0.15) is 0 Å². The Morgan fingerprint density at radius 3 is 1.73 bits per heavy atom. The molecule has 0 bridgehead atoms. The summed E-state index contributed by atoms with van der Waals surface area (Å²) in [5.41, 5.74) is 21.5. The molecule has 14 aromatic carbocycles. The molecule has 0 unspecified atom stereocenters. The van der Waals surface area contributed by atoms with E-state index in [-0.39, 0.29) is 5.41 Å². The molecule has 0 N–H and O–H groups in total. The molecule has 5 aromatic heterocycles. The number of hydrogen-bond donors (Lipinski definition) is 0. The highest BCUT2D eigenvalue weighted by Crippen LogP contribution is 2.54. The van der Waals surface area contributed by atoms with Gasteiger partial charge in [-0.15, -0.1) is 22.7 Å². The number of nitrogens with zero attached hydrogens (tertiary/aromatic N) is 2. The maximum absolute atomic E-state index is 6.58. The standard InChI is InChI=1S/C83H50N2OS2/c1-83(2)68-28-10-7-21-62(68)76-54(23-15-29-69(76)83)47-32-37-52(38-33-47)84-71-43-50-17-4-3-16-49(50)42-65(71)66-46-75-67(45-72(66)84)61-27-14-25-56(81(61)88-75)51-36-41-63-70(44-51)85(79-77(63)58-19-5-6-20-59(58)78-64-22-9-12-31-74(64)87-82(78)79)53-39-34-48(35-40-53)55-24-13-26-60-57-18-8-11-30-73(57)86-80(55)60/h3-46H,1-2H3. The summed E-state index contributed by atoms with van der Waals surface area (Å²) in [4.78, 5) is 0. The highest BCUT2D eigenvalue weighted by atomic mass is 32.1. The van der Waals surface area contributed by atoms with E-state index in [9.17, 15) is 0 Å². The zero-order chi connectivity index (χ0) is 57.7. The van der Waals surface area contributed by atoms with Gasteiger partial charge in [0.05, 0.1) is 26.8 Å². The van der Waals surface area contributed by atoms with Gasteiger partial charge < -0.3 is 13.6 Å². The molecule has 0 spiro atoms. The number of rotatable bonds is 5. The first-order chi connectivity index (χ1) is 43.4. The molecule has 19 aromatic rings. The van der Waals surface area contributed by atoms with Gasteiger partial charge in [0.1, 0.15) is 11.2 Å². The molecule has 0 fully saturated rings. The molecule has 1 aliphatic carbocycles. The van der Waals surface area contributed by atoms with Crippen LogP contribution in [0.3, 0.4) is 0 Å². The van der Waals surface area contributed by atoms with Crippen LogP contribution in [-0.4, -0.2) is 9.13 Å². The molecule has 0 aliphatic heterocycles. The van der Waals surface area contributed by atoms with Crippen molar-refractivity contribution in [2.45, 2.75) is 19.3 Å². The largest absolute Gasteiger partial charge is 0.455 e.